The normalized spacial score (nSPS) is 11.2. The molecule has 2 aromatic rings. The van der Waals surface area contributed by atoms with E-state index >= 15 is 0 Å². The third kappa shape index (κ3) is 9.70. The van der Waals surface area contributed by atoms with Crippen molar-refractivity contribution in [1.29, 1.82) is 0 Å². The molecule has 0 unspecified atom stereocenters. The van der Waals surface area contributed by atoms with E-state index in [-0.39, 0.29) is 28.0 Å². The second-order valence-electron chi connectivity index (χ2n) is 6.65. The number of aryl methyl sites for hydroxylation is 2. The maximum Gasteiger partial charge on any atom is 2.00 e. The van der Waals surface area contributed by atoms with E-state index in [2.05, 4.69) is 20.6 Å². The van der Waals surface area contributed by atoms with Crippen LogP contribution >= 0.6 is 0 Å². The molecule has 2 aromatic carbocycles. The van der Waals surface area contributed by atoms with Crippen LogP contribution in [0.3, 0.4) is 0 Å². The predicted octanol–water partition coefficient (Wildman–Crippen LogP) is 1.17. The third-order valence-electron chi connectivity index (χ3n) is 4.11. The van der Waals surface area contributed by atoms with Crippen LogP contribution in [0.5, 0.6) is 11.5 Å². The van der Waals surface area contributed by atoms with Crippen LogP contribution in [-0.4, -0.2) is 51.7 Å². The molecule has 29 heavy (non-hydrogen) atoms. The van der Waals surface area contributed by atoms with Crippen molar-refractivity contribution in [1.82, 2.24) is 10.6 Å². The van der Waals surface area contributed by atoms with Gasteiger partial charge in [0.05, 0.1) is 13.1 Å². The van der Waals surface area contributed by atoms with Crippen molar-refractivity contribution in [3.8, 4) is 11.5 Å². The molecular formula is C22H28N4NiO2. The minimum atomic E-state index is 0. The molecule has 0 amide bonds. The molecular weight excluding hydrogens is 411 g/mol. The summed E-state index contributed by atoms with van der Waals surface area (Å²) >= 11 is 0. The molecule has 0 atom stereocenters. The second kappa shape index (κ2) is 13.9. The average molecular weight is 439 g/mol. The van der Waals surface area contributed by atoms with Crippen molar-refractivity contribution in [3.05, 3.63) is 58.7 Å². The molecule has 2 N–H and O–H groups in total. The molecule has 0 saturated heterocycles. The zero-order chi connectivity index (χ0) is 20.2. The summed E-state index contributed by atoms with van der Waals surface area (Å²) in [6, 6.07) is 10.5. The Labute approximate surface area is 183 Å². The topological polar surface area (TPSA) is 94.9 Å². The van der Waals surface area contributed by atoms with E-state index < -0.39 is 0 Å². The first-order valence-electron chi connectivity index (χ1n) is 9.52. The van der Waals surface area contributed by atoms with Crippen LogP contribution in [0.15, 0.2) is 46.4 Å². The summed E-state index contributed by atoms with van der Waals surface area (Å²) < 4.78 is 0. The van der Waals surface area contributed by atoms with Crippen molar-refractivity contribution >= 4 is 12.4 Å². The van der Waals surface area contributed by atoms with Gasteiger partial charge in [0.25, 0.3) is 0 Å². The summed E-state index contributed by atoms with van der Waals surface area (Å²) in [5, 5.41) is 29.9. The molecule has 7 heteroatoms. The zero-order valence-corrected chi connectivity index (χ0v) is 17.9. The average Bonchev–Trinajstić information content (AvgIpc) is 2.67. The maximum atomic E-state index is 11.7. The van der Waals surface area contributed by atoms with Crippen molar-refractivity contribution in [2.24, 2.45) is 9.98 Å². The van der Waals surface area contributed by atoms with Crippen molar-refractivity contribution < 1.29 is 26.7 Å². The van der Waals surface area contributed by atoms with Gasteiger partial charge >= 0.3 is 16.5 Å². The van der Waals surface area contributed by atoms with Gasteiger partial charge in [0.2, 0.25) is 0 Å². The molecule has 0 fully saturated rings. The van der Waals surface area contributed by atoms with E-state index in [4.69, 9.17) is 0 Å². The monoisotopic (exact) mass is 438 g/mol. The number of hydrogen-bond donors (Lipinski definition) is 2. The Morgan fingerprint density at radius 2 is 1.14 bits per heavy atom. The zero-order valence-electron chi connectivity index (χ0n) is 16.9. The van der Waals surface area contributed by atoms with E-state index in [9.17, 15) is 10.2 Å². The summed E-state index contributed by atoms with van der Waals surface area (Å²) in [5.74, 6) is 0.00563. The van der Waals surface area contributed by atoms with E-state index in [1.54, 1.807) is 24.6 Å². The standard InChI is InChI=1S/C22H30N4O2.Ni/c1-17-3-5-21(27)19(13-17)15-25-11-9-23-7-8-24-10-12-26-16-20-14-18(2)4-6-22(20)28;/h3-6,13-16,23-24,27-28H,7-12H2,1-2H3;/q;+2/p-2. The summed E-state index contributed by atoms with van der Waals surface area (Å²) in [4.78, 5) is 8.58. The molecule has 0 bridgehead atoms. The first kappa shape index (κ1) is 24.8. The van der Waals surface area contributed by atoms with Gasteiger partial charge in [-0.25, -0.2) is 0 Å². The van der Waals surface area contributed by atoms with Crippen LogP contribution < -0.4 is 20.8 Å². The predicted molar refractivity (Wildman–Crippen MR) is 112 cm³/mol. The first-order chi connectivity index (χ1) is 13.6. The van der Waals surface area contributed by atoms with Gasteiger partial charge in [0.15, 0.2) is 0 Å². The van der Waals surface area contributed by atoms with Gasteiger partial charge in [-0.3, -0.25) is 9.98 Å². The van der Waals surface area contributed by atoms with Crippen LogP contribution in [0.4, 0.5) is 0 Å². The molecule has 0 spiro atoms. The number of nitrogens with zero attached hydrogens (tertiary/aromatic N) is 2. The molecule has 158 valence electrons. The maximum absolute atomic E-state index is 11.7. The molecule has 0 saturated carbocycles. The molecule has 2 rings (SSSR count). The molecule has 0 radical (unpaired) electrons. The summed E-state index contributed by atoms with van der Waals surface area (Å²) in [6.07, 6.45) is 3.30. The Morgan fingerprint density at radius 3 is 1.55 bits per heavy atom. The van der Waals surface area contributed by atoms with Crippen LogP contribution in [0.2, 0.25) is 0 Å². The molecule has 0 aromatic heterocycles. The molecule has 0 aliphatic heterocycles. The minimum Gasteiger partial charge on any atom is -0.872 e. The number of rotatable bonds is 11. The molecule has 0 heterocycles. The Hall–Kier alpha value is -2.21. The quantitative estimate of drug-likeness (QED) is 0.312. The van der Waals surface area contributed by atoms with Gasteiger partial charge in [0.1, 0.15) is 0 Å². The number of nitrogens with one attached hydrogen (secondary N) is 2. The Balaban J connectivity index is 0.00000420. The van der Waals surface area contributed by atoms with Gasteiger partial charge in [-0.2, -0.15) is 0 Å². The van der Waals surface area contributed by atoms with Gasteiger partial charge in [-0.1, -0.05) is 47.5 Å². The van der Waals surface area contributed by atoms with Gasteiger partial charge < -0.3 is 20.8 Å². The van der Waals surface area contributed by atoms with Gasteiger partial charge in [-0.15, -0.1) is 11.5 Å². The summed E-state index contributed by atoms with van der Waals surface area (Å²) in [6.45, 7) is 8.36. The Morgan fingerprint density at radius 1 is 0.724 bits per heavy atom. The second-order valence-corrected chi connectivity index (χ2v) is 6.65. The largest absolute Gasteiger partial charge is 2.00 e. The van der Waals surface area contributed by atoms with E-state index in [0.717, 1.165) is 37.3 Å². The number of aliphatic imine (C=N–C) groups is 2. The van der Waals surface area contributed by atoms with Crippen molar-refractivity contribution in [2.75, 3.05) is 39.3 Å². The van der Waals surface area contributed by atoms with Crippen LogP contribution in [0.1, 0.15) is 22.3 Å². The fourth-order valence-corrected chi connectivity index (χ4v) is 2.58. The molecule has 6 nitrogen and oxygen atoms in total. The molecule has 0 aliphatic carbocycles. The van der Waals surface area contributed by atoms with E-state index in [0.29, 0.717) is 24.2 Å². The van der Waals surface area contributed by atoms with Crippen molar-refractivity contribution in [3.63, 3.8) is 0 Å². The van der Waals surface area contributed by atoms with Gasteiger partial charge in [0, 0.05) is 38.6 Å². The Bertz CT molecular complexity index is 742. The molecule has 0 aliphatic rings. The Kier molecular flexibility index (Phi) is 11.9. The van der Waals surface area contributed by atoms with Crippen molar-refractivity contribution in [2.45, 2.75) is 13.8 Å². The fourth-order valence-electron chi connectivity index (χ4n) is 2.58. The SMILES string of the molecule is Cc1ccc([O-])c(C=NCCNCCNCCN=Cc2cc(C)ccc2[O-])c1.[Ni+2]. The van der Waals surface area contributed by atoms with Crippen LogP contribution in [0.25, 0.3) is 0 Å². The number of hydrogen-bond acceptors (Lipinski definition) is 6. The number of benzene rings is 2. The van der Waals surface area contributed by atoms with E-state index in [1.165, 1.54) is 0 Å². The first-order valence-corrected chi connectivity index (χ1v) is 9.52. The smallest absolute Gasteiger partial charge is 0.872 e. The fraction of sp³-hybridized carbons (Fsp3) is 0.364. The summed E-state index contributed by atoms with van der Waals surface area (Å²) in [5.41, 5.74) is 3.39. The summed E-state index contributed by atoms with van der Waals surface area (Å²) in [7, 11) is 0. The third-order valence-corrected chi connectivity index (χ3v) is 4.11. The van der Waals surface area contributed by atoms with E-state index in [1.807, 2.05) is 38.1 Å². The van der Waals surface area contributed by atoms with Crippen LogP contribution in [0, 0.1) is 13.8 Å². The van der Waals surface area contributed by atoms with Gasteiger partial charge in [-0.05, 0) is 25.0 Å². The van der Waals surface area contributed by atoms with Crippen LogP contribution in [-0.2, 0) is 16.5 Å². The minimum absolute atomic E-state index is 0.